The van der Waals surface area contributed by atoms with E-state index in [0.29, 0.717) is 17.7 Å². The zero-order chi connectivity index (χ0) is 15.7. The van der Waals surface area contributed by atoms with Gasteiger partial charge in [0.05, 0.1) is 0 Å². The molecule has 0 amide bonds. The van der Waals surface area contributed by atoms with Crippen LogP contribution in [0.3, 0.4) is 0 Å². The molecule has 1 aromatic carbocycles. The van der Waals surface area contributed by atoms with Crippen LogP contribution < -0.4 is 5.56 Å². The summed E-state index contributed by atoms with van der Waals surface area (Å²) < 4.78 is 32.0. The van der Waals surface area contributed by atoms with Crippen LogP contribution >= 0.6 is 0 Å². The van der Waals surface area contributed by atoms with Crippen molar-refractivity contribution in [1.82, 2.24) is 10.1 Å². The van der Waals surface area contributed by atoms with Crippen LogP contribution in [-0.4, -0.2) is 29.7 Å². The van der Waals surface area contributed by atoms with E-state index in [2.05, 4.69) is 10.1 Å². The molecule has 2 atom stereocenters. The van der Waals surface area contributed by atoms with Crippen molar-refractivity contribution in [3.05, 3.63) is 57.6 Å². The van der Waals surface area contributed by atoms with Crippen molar-refractivity contribution in [2.24, 2.45) is 0 Å². The number of nitrogens with zero attached hydrogens (tertiary/aromatic N) is 1. The van der Waals surface area contributed by atoms with Gasteiger partial charge >= 0.3 is 0 Å². The van der Waals surface area contributed by atoms with Gasteiger partial charge < -0.3 is 9.42 Å². The Labute approximate surface area is 126 Å². The standard InChI is InChI=1S/C16H18F2N2O2/c1-20-5-4-11(15-9-16(21)19-22-15)7-13(20)6-10-2-3-12(17)8-14(10)18/h2-3,8-9,11,13H,4-7H2,1H3,(H,19,21)/t11-,13+/m0/s1. The van der Waals surface area contributed by atoms with Gasteiger partial charge in [-0.05, 0) is 44.5 Å². The van der Waals surface area contributed by atoms with Crippen LogP contribution in [-0.2, 0) is 6.42 Å². The lowest BCUT2D eigenvalue weighted by atomic mass is 9.86. The molecule has 2 aromatic rings. The molecule has 22 heavy (non-hydrogen) atoms. The summed E-state index contributed by atoms with van der Waals surface area (Å²) in [6, 6.07) is 5.30. The highest BCUT2D eigenvalue weighted by Gasteiger charge is 2.29. The Morgan fingerprint density at radius 1 is 1.36 bits per heavy atom. The molecule has 118 valence electrons. The van der Waals surface area contributed by atoms with E-state index >= 15 is 0 Å². The second-order valence-corrected chi connectivity index (χ2v) is 5.91. The number of benzene rings is 1. The number of nitrogens with one attached hydrogen (secondary N) is 1. The van der Waals surface area contributed by atoms with Crippen molar-refractivity contribution in [1.29, 1.82) is 0 Å². The number of H-pyrrole nitrogens is 1. The average molecular weight is 308 g/mol. The number of aromatic nitrogens is 1. The monoisotopic (exact) mass is 308 g/mol. The zero-order valence-electron chi connectivity index (χ0n) is 12.3. The number of rotatable bonds is 3. The van der Waals surface area contributed by atoms with Crippen molar-refractivity contribution in [3.63, 3.8) is 0 Å². The van der Waals surface area contributed by atoms with E-state index in [9.17, 15) is 13.6 Å². The van der Waals surface area contributed by atoms with Gasteiger partial charge in [0.2, 0.25) is 0 Å². The number of likely N-dealkylation sites (tertiary alicyclic amines) is 1. The minimum atomic E-state index is -0.565. The maximum absolute atomic E-state index is 13.8. The van der Waals surface area contributed by atoms with E-state index in [1.807, 2.05) is 7.05 Å². The first-order valence-electron chi connectivity index (χ1n) is 7.35. The summed E-state index contributed by atoms with van der Waals surface area (Å²) in [5.41, 5.74) is 0.268. The van der Waals surface area contributed by atoms with Crippen molar-refractivity contribution in [3.8, 4) is 0 Å². The molecule has 0 spiro atoms. The quantitative estimate of drug-likeness (QED) is 0.948. The number of hydrogen-bond donors (Lipinski definition) is 1. The molecule has 6 heteroatoms. The van der Waals surface area contributed by atoms with Crippen LogP contribution in [0.2, 0.25) is 0 Å². The van der Waals surface area contributed by atoms with Crippen LogP contribution in [0.15, 0.2) is 33.6 Å². The molecule has 4 nitrogen and oxygen atoms in total. The Kier molecular flexibility index (Phi) is 4.11. The highest BCUT2D eigenvalue weighted by molar-refractivity contribution is 5.20. The van der Waals surface area contributed by atoms with E-state index < -0.39 is 11.6 Å². The molecular weight excluding hydrogens is 290 g/mol. The lowest BCUT2D eigenvalue weighted by Crippen LogP contribution is -2.40. The largest absolute Gasteiger partial charge is 0.383 e. The van der Waals surface area contributed by atoms with Crippen LogP contribution in [0.4, 0.5) is 8.78 Å². The SMILES string of the molecule is CN1CC[C@H](c2cc(=O)[nH]o2)C[C@H]1Cc1ccc(F)cc1F. The van der Waals surface area contributed by atoms with Crippen molar-refractivity contribution >= 4 is 0 Å². The van der Waals surface area contributed by atoms with E-state index in [-0.39, 0.29) is 17.5 Å². The smallest absolute Gasteiger partial charge is 0.280 e. The Bertz CT molecular complexity index is 710. The molecule has 0 saturated carbocycles. The van der Waals surface area contributed by atoms with Gasteiger partial charge in [-0.25, -0.2) is 8.78 Å². The number of halogens is 2. The summed E-state index contributed by atoms with van der Waals surface area (Å²) in [6.07, 6.45) is 2.17. The van der Waals surface area contributed by atoms with Crippen LogP contribution in [0.5, 0.6) is 0 Å². The molecule has 1 saturated heterocycles. The van der Waals surface area contributed by atoms with E-state index in [4.69, 9.17) is 4.52 Å². The zero-order valence-corrected chi connectivity index (χ0v) is 12.3. The summed E-state index contributed by atoms with van der Waals surface area (Å²) >= 11 is 0. The highest BCUT2D eigenvalue weighted by atomic mass is 19.1. The molecule has 1 aliphatic rings. The third kappa shape index (κ3) is 3.11. The third-order valence-electron chi connectivity index (χ3n) is 4.43. The van der Waals surface area contributed by atoms with E-state index in [1.54, 1.807) is 0 Å². The lowest BCUT2D eigenvalue weighted by Gasteiger charge is -2.36. The predicted molar refractivity (Wildman–Crippen MR) is 77.8 cm³/mol. The second-order valence-electron chi connectivity index (χ2n) is 5.91. The van der Waals surface area contributed by atoms with Gasteiger partial charge in [0.1, 0.15) is 17.4 Å². The highest BCUT2D eigenvalue weighted by Crippen LogP contribution is 2.32. The minimum absolute atomic E-state index is 0.124. The maximum atomic E-state index is 13.8. The predicted octanol–water partition coefficient (Wildman–Crippen LogP) is 2.67. The number of piperidine rings is 1. The molecule has 3 rings (SSSR count). The van der Waals surface area contributed by atoms with Crippen LogP contribution in [0.25, 0.3) is 0 Å². The molecule has 1 N–H and O–H groups in total. The summed E-state index contributed by atoms with van der Waals surface area (Å²) in [6.45, 7) is 0.840. The Balaban J connectivity index is 1.75. The molecular formula is C16H18F2N2O2. The van der Waals surface area contributed by atoms with Gasteiger partial charge in [-0.3, -0.25) is 4.79 Å². The fraction of sp³-hybridized carbons (Fsp3) is 0.438. The first-order valence-corrected chi connectivity index (χ1v) is 7.35. The fourth-order valence-electron chi connectivity index (χ4n) is 3.11. The molecule has 2 heterocycles. The molecule has 1 aliphatic heterocycles. The second kappa shape index (κ2) is 6.04. The van der Waals surface area contributed by atoms with Gasteiger partial charge in [0.25, 0.3) is 5.56 Å². The number of aromatic amines is 1. The Morgan fingerprint density at radius 2 is 2.18 bits per heavy atom. The molecule has 1 fully saturated rings. The average Bonchev–Trinajstić information content (AvgIpc) is 2.90. The van der Waals surface area contributed by atoms with Crippen LogP contribution in [0, 0.1) is 11.6 Å². The van der Waals surface area contributed by atoms with Gasteiger partial charge in [-0.2, -0.15) is 5.16 Å². The summed E-state index contributed by atoms with van der Waals surface area (Å²) in [5, 5.41) is 2.31. The van der Waals surface area contributed by atoms with Crippen molar-refractivity contribution < 1.29 is 13.3 Å². The molecule has 0 bridgehead atoms. The van der Waals surface area contributed by atoms with Crippen LogP contribution in [0.1, 0.15) is 30.1 Å². The summed E-state index contributed by atoms with van der Waals surface area (Å²) in [4.78, 5) is 13.4. The lowest BCUT2D eigenvalue weighted by molar-refractivity contribution is 0.155. The number of hydrogen-bond acceptors (Lipinski definition) is 3. The summed E-state index contributed by atoms with van der Waals surface area (Å²) in [7, 11) is 2.00. The number of likely N-dealkylation sites (N-methyl/N-ethyl adjacent to an activating group) is 1. The molecule has 0 unspecified atom stereocenters. The first kappa shape index (κ1) is 15.0. The fourth-order valence-corrected chi connectivity index (χ4v) is 3.11. The van der Waals surface area contributed by atoms with Crippen molar-refractivity contribution in [2.45, 2.75) is 31.2 Å². The van der Waals surface area contributed by atoms with Gasteiger partial charge in [0, 0.05) is 24.1 Å². The molecule has 1 aromatic heterocycles. The van der Waals surface area contributed by atoms with Gasteiger partial charge in [0.15, 0.2) is 0 Å². The minimum Gasteiger partial charge on any atom is -0.383 e. The van der Waals surface area contributed by atoms with Crippen molar-refractivity contribution in [2.75, 3.05) is 13.6 Å². The molecule has 0 radical (unpaired) electrons. The van der Waals surface area contributed by atoms with Gasteiger partial charge in [-0.1, -0.05) is 6.07 Å². The normalized spacial score (nSPS) is 22.9. The Morgan fingerprint density at radius 3 is 2.86 bits per heavy atom. The van der Waals surface area contributed by atoms with Gasteiger partial charge in [-0.15, -0.1) is 0 Å². The van der Waals surface area contributed by atoms with E-state index in [1.165, 1.54) is 18.2 Å². The first-order chi connectivity index (χ1) is 10.5. The van der Waals surface area contributed by atoms with E-state index in [0.717, 1.165) is 25.5 Å². The molecule has 0 aliphatic carbocycles. The Hall–Kier alpha value is -1.95. The summed E-state index contributed by atoms with van der Waals surface area (Å²) in [5.74, 6) is -0.278. The topological polar surface area (TPSA) is 49.2 Å². The maximum Gasteiger partial charge on any atom is 0.280 e. The third-order valence-corrected chi connectivity index (χ3v) is 4.43.